The molecular formula is C19H34N3O10PS. The van der Waals surface area contributed by atoms with Gasteiger partial charge in [0.2, 0.25) is 17.8 Å². The molecule has 0 aromatic heterocycles. The molecule has 3 atom stereocenters. The monoisotopic (exact) mass is 527 g/mol. The number of phosphoric acid groups is 1. The molecule has 0 aromatic rings. The second-order valence-corrected chi connectivity index (χ2v) is 11.1. The molecule has 34 heavy (non-hydrogen) atoms. The van der Waals surface area contributed by atoms with Crippen molar-refractivity contribution in [2.24, 2.45) is 17.1 Å². The summed E-state index contributed by atoms with van der Waals surface area (Å²) in [6, 6.07) is -0.582. The number of nitrogens with one attached hydrogen (secondary N) is 2. The molecule has 2 amide bonds. The highest BCUT2D eigenvalue weighted by molar-refractivity contribution is 8.13. The molecule has 0 unspecified atom stereocenters. The van der Waals surface area contributed by atoms with E-state index in [2.05, 4.69) is 15.4 Å². The van der Waals surface area contributed by atoms with E-state index < -0.39 is 50.1 Å². The fraction of sp³-hybridized carbons (Fsp3) is 0.789. The molecule has 1 rings (SSSR count). The molecule has 1 aliphatic rings. The van der Waals surface area contributed by atoms with Crippen molar-refractivity contribution >= 4 is 42.7 Å². The van der Waals surface area contributed by atoms with Crippen molar-refractivity contribution in [3.05, 3.63) is 0 Å². The number of thioether (sulfide) groups is 1. The highest BCUT2D eigenvalue weighted by Crippen LogP contribution is 2.57. The van der Waals surface area contributed by atoms with E-state index in [1.165, 1.54) is 7.11 Å². The maximum Gasteiger partial charge on any atom is 0.478 e. The van der Waals surface area contributed by atoms with Crippen molar-refractivity contribution in [3.63, 3.8) is 0 Å². The van der Waals surface area contributed by atoms with Gasteiger partial charge in [-0.1, -0.05) is 39.5 Å². The van der Waals surface area contributed by atoms with E-state index in [4.69, 9.17) is 24.0 Å². The van der Waals surface area contributed by atoms with Crippen molar-refractivity contribution in [1.82, 2.24) is 10.6 Å². The molecular weight excluding hydrogens is 493 g/mol. The molecule has 1 heterocycles. The maximum atomic E-state index is 12.7. The van der Waals surface area contributed by atoms with Gasteiger partial charge in [0, 0.05) is 24.3 Å². The Kier molecular flexibility index (Phi) is 12.5. The summed E-state index contributed by atoms with van der Waals surface area (Å²) in [4.78, 5) is 47.2. The van der Waals surface area contributed by atoms with Crippen molar-refractivity contribution in [2.45, 2.75) is 46.3 Å². The lowest BCUT2D eigenvalue weighted by atomic mass is 9.87. The van der Waals surface area contributed by atoms with Crippen LogP contribution >= 0.6 is 19.6 Å². The zero-order chi connectivity index (χ0) is 25.9. The second kappa shape index (κ2) is 14.0. The minimum atomic E-state index is -4.20. The highest BCUT2D eigenvalue weighted by atomic mass is 32.2. The molecule has 0 aliphatic carbocycles. The Bertz CT molecular complexity index is 779. The first kappa shape index (κ1) is 30.3. The third-order valence-corrected chi connectivity index (χ3v) is 6.94. The first-order valence-electron chi connectivity index (χ1n) is 10.6. The van der Waals surface area contributed by atoms with Crippen LogP contribution in [0.25, 0.3) is 0 Å². The summed E-state index contributed by atoms with van der Waals surface area (Å²) in [5.41, 5.74) is 4.90. The van der Waals surface area contributed by atoms with E-state index in [0.29, 0.717) is 5.75 Å². The first-order chi connectivity index (χ1) is 15.8. The SMILES string of the molecule is COC(=O)CCNC(=O)[C@@H]1O[P@@](=O)(OCOC(=O)NCCSC(=O)[C@@H](N)C(C)C)OCC1(C)C. The summed E-state index contributed by atoms with van der Waals surface area (Å²) >= 11 is 0.998. The van der Waals surface area contributed by atoms with Gasteiger partial charge in [0.25, 0.3) is 0 Å². The molecule has 0 spiro atoms. The summed E-state index contributed by atoms with van der Waals surface area (Å²) in [6.07, 6.45) is -2.12. The van der Waals surface area contributed by atoms with E-state index in [1.54, 1.807) is 13.8 Å². The summed E-state index contributed by atoms with van der Waals surface area (Å²) < 4.78 is 37.4. The van der Waals surface area contributed by atoms with Gasteiger partial charge in [-0.05, 0) is 5.92 Å². The van der Waals surface area contributed by atoms with Crippen molar-refractivity contribution in [3.8, 4) is 0 Å². The van der Waals surface area contributed by atoms with Crippen LogP contribution in [0, 0.1) is 11.3 Å². The summed E-state index contributed by atoms with van der Waals surface area (Å²) in [6.45, 7) is 6.26. The number of carbonyl (C=O) groups is 4. The van der Waals surface area contributed by atoms with Crippen LogP contribution in [0.4, 0.5) is 4.79 Å². The van der Waals surface area contributed by atoms with E-state index in [0.717, 1.165) is 11.8 Å². The van der Waals surface area contributed by atoms with Crippen LogP contribution < -0.4 is 16.4 Å². The van der Waals surface area contributed by atoms with Crippen molar-refractivity contribution in [2.75, 3.05) is 39.4 Å². The minimum Gasteiger partial charge on any atom is -0.469 e. The maximum absolute atomic E-state index is 12.7. The van der Waals surface area contributed by atoms with Crippen LogP contribution in [0.2, 0.25) is 0 Å². The number of hydrogen-bond donors (Lipinski definition) is 3. The van der Waals surface area contributed by atoms with Gasteiger partial charge in [-0.2, -0.15) is 0 Å². The second-order valence-electron chi connectivity index (χ2n) is 8.35. The Balaban J connectivity index is 2.42. The lowest BCUT2D eigenvalue weighted by Gasteiger charge is -2.39. The molecule has 0 aromatic carbocycles. The van der Waals surface area contributed by atoms with Crippen LogP contribution in [0.15, 0.2) is 0 Å². The van der Waals surface area contributed by atoms with Gasteiger partial charge in [-0.15, -0.1) is 0 Å². The average Bonchev–Trinajstić information content (AvgIpc) is 2.77. The number of rotatable bonds is 12. The van der Waals surface area contributed by atoms with E-state index >= 15 is 0 Å². The van der Waals surface area contributed by atoms with Gasteiger partial charge in [-0.25, -0.2) is 13.9 Å². The average molecular weight is 528 g/mol. The molecule has 196 valence electrons. The smallest absolute Gasteiger partial charge is 0.469 e. The summed E-state index contributed by atoms with van der Waals surface area (Å²) in [5, 5.41) is 4.74. The van der Waals surface area contributed by atoms with E-state index in [9.17, 15) is 23.7 Å². The molecule has 0 radical (unpaired) electrons. The van der Waals surface area contributed by atoms with Crippen LogP contribution in [0.5, 0.6) is 0 Å². The van der Waals surface area contributed by atoms with Gasteiger partial charge < -0.3 is 25.8 Å². The highest BCUT2D eigenvalue weighted by Gasteiger charge is 2.49. The minimum absolute atomic E-state index is 0.00400. The Morgan fingerprint density at radius 3 is 2.50 bits per heavy atom. The fourth-order valence-electron chi connectivity index (χ4n) is 2.44. The Labute approximate surface area is 203 Å². The van der Waals surface area contributed by atoms with Crippen LogP contribution in [0.3, 0.4) is 0 Å². The van der Waals surface area contributed by atoms with E-state index in [-0.39, 0.29) is 37.2 Å². The topological polar surface area (TPSA) is 182 Å². The van der Waals surface area contributed by atoms with Crippen LogP contribution in [0.1, 0.15) is 34.1 Å². The number of ether oxygens (including phenoxy) is 2. The lowest BCUT2D eigenvalue weighted by Crippen LogP contribution is -2.50. The quantitative estimate of drug-likeness (QED) is 0.143. The Morgan fingerprint density at radius 1 is 1.21 bits per heavy atom. The molecule has 1 fully saturated rings. The van der Waals surface area contributed by atoms with Crippen LogP contribution in [-0.4, -0.2) is 74.6 Å². The van der Waals surface area contributed by atoms with Crippen molar-refractivity contribution in [1.29, 1.82) is 0 Å². The molecule has 0 bridgehead atoms. The molecule has 13 nitrogen and oxygen atoms in total. The predicted molar refractivity (Wildman–Crippen MR) is 123 cm³/mol. The Morgan fingerprint density at radius 2 is 1.88 bits per heavy atom. The number of nitrogens with two attached hydrogens (primary N) is 1. The molecule has 1 aliphatic heterocycles. The molecule has 15 heteroatoms. The third-order valence-electron chi connectivity index (χ3n) is 4.64. The van der Waals surface area contributed by atoms with Gasteiger partial charge in [0.15, 0.2) is 6.10 Å². The van der Waals surface area contributed by atoms with Crippen LogP contribution in [-0.2, 0) is 42.0 Å². The van der Waals surface area contributed by atoms with Crippen molar-refractivity contribution < 1.29 is 46.8 Å². The van der Waals surface area contributed by atoms with Gasteiger partial charge in [0.1, 0.15) is 0 Å². The number of methoxy groups -OCH3 is 1. The molecule has 4 N–H and O–H groups in total. The number of amides is 2. The summed E-state index contributed by atoms with van der Waals surface area (Å²) in [7, 11) is -2.97. The normalized spacial score (nSPS) is 22.5. The summed E-state index contributed by atoms with van der Waals surface area (Å²) in [5.74, 6) is -0.801. The van der Waals surface area contributed by atoms with Gasteiger partial charge in [0.05, 0.1) is 26.2 Å². The predicted octanol–water partition coefficient (Wildman–Crippen LogP) is 1.16. The number of carbonyl (C=O) groups excluding carboxylic acids is 4. The standard InChI is InChI=1S/C19H34N3O10PS/c1-12(2)14(20)17(25)34-9-8-22-18(26)29-11-31-33(27)30-10-19(3,4)15(32-33)16(24)21-7-6-13(23)28-5/h12,14-15H,6-11,20H2,1-5H3,(H,21,24)(H,22,26)/t14-,15-,33+/m0/s1. The largest absolute Gasteiger partial charge is 0.478 e. The molecule has 0 saturated carbocycles. The zero-order valence-corrected chi connectivity index (χ0v) is 21.7. The molecule has 1 saturated heterocycles. The lowest BCUT2D eigenvalue weighted by molar-refractivity contribution is -0.144. The van der Waals surface area contributed by atoms with Gasteiger partial charge in [-0.3, -0.25) is 23.4 Å². The Hall–Kier alpha value is -1.70. The number of alkyl carbamates (subject to hydrolysis) is 1. The fourth-order valence-corrected chi connectivity index (χ4v) is 4.82. The first-order valence-corrected chi connectivity index (χ1v) is 13.0. The third kappa shape index (κ3) is 10.3. The number of phosphoric ester groups is 1. The van der Waals surface area contributed by atoms with E-state index in [1.807, 2.05) is 13.8 Å². The van der Waals surface area contributed by atoms with Gasteiger partial charge >= 0.3 is 19.9 Å². The zero-order valence-electron chi connectivity index (χ0n) is 20.0. The number of hydrogen-bond acceptors (Lipinski definition) is 12. The number of esters is 1.